The van der Waals surface area contributed by atoms with Crippen LogP contribution in [0.3, 0.4) is 0 Å². The molecule has 11 heavy (non-hydrogen) atoms. The number of likely N-dealkylation sites (N-methyl/N-ethyl adjacent to an activating group) is 1. The summed E-state index contributed by atoms with van der Waals surface area (Å²) in [5.74, 6) is 0. The molecule has 1 heterocycles. The fraction of sp³-hybridized carbons (Fsp3) is 1.00. The van der Waals surface area contributed by atoms with Crippen LogP contribution < -0.4 is 5.73 Å². The van der Waals surface area contributed by atoms with Crippen LogP contribution in [0.2, 0.25) is 0 Å². The second kappa shape index (κ2) is 3.03. The summed E-state index contributed by atoms with van der Waals surface area (Å²) in [5.41, 5.74) is 4.24. The average Bonchev–Trinajstić information content (AvgIpc) is 1.86. The van der Waals surface area contributed by atoms with Crippen molar-refractivity contribution in [1.82, 2.24) is 4.90 Å². The molecule has 1 rings (SSSR count). The van der Waals surface area contributed by atoms with Gasteiger partial charge in [0.05, 0.1) is 5.54 Å². The number of piperidine rings is 1. The Morgan fingerprint density at radius 2 is 2.18 bits per heavy atom. The highest BCUT2D eigenvalue weighted by atomic mass is 19.3. The molecule has 0 aromatic carbocycles. The van der Waals surface area contributed by atoms with Crippen LogP contribution in [0.15, 0.2) is 0 Å². The standard InChI is InChI=1S/C7H14F2N2/c1-11-4-2-3-7(10,5-11)6(8)9/h6H,2-5,10H2,1H3. The summed E-state index contributed by atoms with van der Waals surface area (Å²) in [5, 5.41) is 0. The van der Waals surface area contributed by atoms with E-state index in [0.29, 0.717) is 13.0 Å². The summed E-state index contributed by atoms with van der Waals surface area (Å²) >= 11 is 0. The van der Waals surface area contributed by atoms with E-state index in [0.717, 1.165) is 13.0 Å². The van der Waals surface area contributed by atoms with Crippen molar-refractivity contribution in [3.05, 3.63) is 0 Å². The quantitative estimate of drug-likeness (QED) is 0.617. The number of nitrogens with two attached hydrogens (primary N) is 1. The summed E-state index contributed by atoms with van der Waals surface area (Å²) < 4.78 is 24.7. The monoisotopic (exact) mass is 164 g/mol. The predicted octanol–water partition coefficient (Wildman–Crippen LogP) is 0.675. The van der Waals surface area contributed by atoms with Crippen molar-refractivity contribution in [3.63, 3.8) is 0 Å². The SMILES string of the molecule is CN1CCCC(N)(C(F)F)C1. The Morgan fingerprint density at radius 3 is 2.55 bits per heavy atom. The van der Waals surface area contributed by atoms with Crippen molar-refractivity contribution in [3.8, 4) is 0 Å². The highest BCUT2D eigenvalue weighted by molar-refractivity contribution is 4.92. The fourth-order valence-electron chi connectivity index (χ4n) is 1.52. The molecule has 1 saturated heterocycles. The number of halogens is 2. The van der Waals surface area contributed by atoms with E-state index >= 15 is 0 Å². The van der Waals surface area contributed by atoms with Crippen molar-refractivity contribution in [1.29, 1.82) is 0 Å². The topological polar surface area (TPSA) is 29.3 Å². The number of hydrogen-bond donors (Lipinski definition) is 1. The summed E-state index contributed by atoms with van der Waals surface area (Å²) in [6.45, 7) is 1.19. The smallest absolute Gasteiger partial charge is 0.257 e. The molecule has 1 unspecified atom stereocenters. The molecular weight excluding hydrogens is 150 g/mol. The van der Waals surface area contributed by atoms with Crippen molar-refractivity contribution < 1.29 is 8.78 Å². The Labute approximate surface area is 65.4 Å². The molecule has 2 nitrogen and oxygen atoms in total. The summed E-state index contributed by atoms with van der Waals surface area (Å²) in [7, 11) is 1.82. The average molecular weight is 164 g/mol. The van der Waals surface area contributed by atoms with Crippen LogP contribution in [0.5, 0.6) is 0 Å². The van der Waals surface area contributed by atoms with E-state index in [1.165, 1.54) is 0 Å². The number of nitrogens with zero attached hydrogens (tertiary/aromatic N) is 1. The summed E-state index contributed by atoms with van der Waals surface area (Å²) in [4.78, 5) is 1.86. The van der Waals surface area contributed by atoms with Gasteiger partial charge in [-0.05, 0) is 26.4 Å². The molecule has 1 aliphatic rings. The Morgan fingerprint density at radius 1 is 1.55 bits per heavy atom. The Bertz CT molecular complexity index is 140. The maximum atomic E-state index is 12.3. The fourth-order valence-corrected chi connectivity index (χ4v) is 1.52. The van der Waals surface area contributed by atoms with Crippen molar-refractivity contribution in [2.24, 2.45) is 5.73 Å². The number of alkyl halides is 2. The van der Waals surface area contributed by atoms with E-state index in [1.54, 1.807) is 0 Å². The zero-order valence-electron chi connectivity index (χ0n) is 6.69. The molecule has 2 N–H and O–H groups in total. The van der Waals surface area contributed by atoms with Crippen molar-refractivity contribution in [2.45, 2.75) is 24.8 Å². The Balaban J connectivity index is 2.55. The maximum Gasteiger partial charge on any atom is 0.257 e. The minimum absolute atomic E-state index is 0.310. The molecule has 0 radical (unpaired) electrons. The van der Waals surface area contributed by atoms with E-state index < -0.39 is 12.0 Å². The molecule has 4 heteroatoms. The van der Waals surface area contributed by atoms with Gasteiger partial charge in [0.15, 0.2) is 0 Å². The lowest BCUT2D eigenvalue weighted by molar-refractivity contribution is 0.0111. The Hall–Kier alpha value is -0.220. The molecule has 0 bridgehead atoms. The lowest BCUT2D eigenvalue weighted by atomic mass is 9.91. The van der Waals surface area contributed by atoms with Gasteiger partial charge in [-0.25, -0.2) is 8.78 Å². The summed E-state index contributed by atoms with van der Waals surface area (Å²) in [6, 6.07) is 0. The van der Waals surface area contributed by atoms with Crippen LogP contribution in [0.25, 0.3) is 0 Å². The van der Waals surface area contributed by atoms with Crippen LogP contribution in [0, 0.1) is 0 Å². The molecule has 1 fully saturated rings. The van der Waals surface area contributed by atoms with Crippen LogP contribution in [0.4, 0.5) is 8.78 Å². The van der Waals surface area contributed by atoms with E-state index in [1.807, 2.05) is 11.9 Å². The van der Waals surface area contributed by atoms with Crippen molar-refractivity contribution in [2.75, 3.05) is 20.1 Å². The molecule has 66 valence electrons. The first-order valence-electron chi connectivity index (χ1n) is 3.80. The zero-order valence-corrected chi connectivity index (χ0v) is 6.69. The number of likely N-dealkylation sites (tertiary alicyclic amines) is 1. The third kappa shape index (κ3) is 1.87. The predicted molar refractivity (Wildman–Crippen MR) is 39.7 cm³/mol. The normalized spacial score (nSPS) is 34.6. The van der Waals surface area contributed by atoms with Crippen LogP contribution in [0.1, 0.15) is 12.8 Å². The van der Waals surface area contributed by atoms with E-state index in [-0.39, 0.29) is 0 Å². The first-order valence-corrected chi connectivity index (χ1v) is 3.80. The second-order valence-electron chi connectivity index (χ2n) is 3.38. The lowest BCUT2D eigenvalue weighted by Gasteiger charge is -2.37. The van der Waals surface area contributed by atoms with Gasteiger partial charge >= 0.3 is 0 Å². The zero-order chi connectivity index (χ0) is 8.48. The van der Waals surface area contributed by atoms with Gasteiger partial charge in [0.1, 0.15) is 0 Å². The number of rotatable bonds is 1. The third-order valence-electron chi connectivity index (χ3n) is 2.18. The molecule has 0 amide bonds. The molecule has 1 atom stereocenters. The van der Waals surface area contributed by atoms with Gasteiger partial charge in [-0.2, -0.15) is 0 Å². The highest BCUT2D eigenvalue weighted by Crippen LogP contribution is 2.23. The van der Waals surface area contributed by atoms with Gasteiger partial charge in [-0.1, -0.05) is 0 Å². The lowest BCUT2D eigenvalue weighted by Crippen LogP contribution is -2.57. The molecule has 0 spiro atoms. The highest BCUT2D eigenvalue weighted by Gasteiger charge is 2.38. The van der Waals surface area contributed by atoms with Gasteiger partial charge in [0.2, 0.25) is 0 Å². The van der Waals surface area contributed by atoms with Gasteiger partial charge in [-0.3, -0.25) is 0 Å². The third-order valence-corrected chi connectivity index (χ3v) is 2.18. The van der Waals surface area contributed by atoms with Crippen LogP contribution >= 0.6 is 0 Å². The minimum Gasteiger partial charge on any atom is -0.319 e. The van der Waals surface area contributed by atoms with E-state index in [9.17, 15) is 8.78 Å². The minimum atomic E-state index is -2.40. The van der Waals surface area contributed by atoms with Crippen LogP contribution in [-0.2, 0) is 0 Å². The van der Waals surface area contributed by atoms with E-state index in [4.69, 9.17) is 5.73 Å². The first kappa shape index (κ1) is 8.87. The van der Waals surface area contributed by atoms with Gasteiger partial charge in [0.25, 0.3) is 6.43 Å². The molecule has 0 saturated carbocycles. The Kier molecular flexibility index (Phi) is 2.44. The molecule has 0 aromatic rings. The first-order chi connectivity index (χ1) is 5.04. The molecule has 0 aliphatic carbocycles. The van der Waals surface area contributed by atoms with Gasteiger partial charge < -0.3 is 10.6 Å². The van der Waals surface area contributed by atoms with Gasteiger partial charge in [0, 0.05) is 6.54 Å². The number of hydrogen-bond acceptors (Lipinski definition) is 2. The molecular formula is C7H14F2N2. The maximum absolute atomic E-state index is 12.3. The van der Waals surface area contributed by atoms with Crippen LogP contribution in [-0.4, -0.2) is 37.0 Å². The molecule has 0 aromatic heterocycles. The largest absolute Gasteiger partial charge is 0.319 e. The molecule has 1 aliphatic heterocycles. The van der Waals surface area contributed by atoms with Gasteiger partial charge in [-0.15, -0.1) is 0 Å². The van der Waals surface area contributed by atoms with Crippen molar-refractivity contribution >= 4 is 0 Å². The second-order valence-corrected chi connectivity index (χ2v) is 3.38. The summed E-state index contributed by atoms with van der Waals surface area (Å²) in [6.07, 6.45) is -1.18. The van der Waals surface area contributed by atoms with E-state index in [2.05, 4.69) is 0 Å².